The molecule has 0 aliphatic heterocycles. The van der Waals surface area contributed by atoms with Crippen molar-refractivity contribution in [2.45, 2.75) is 9.56 Å². The largest absolute Gasteiger partial charge is 0.440 e. The second-order valence-corrected chi connectivity index (χ2v) is 5.34. The average Bonchev–Trinajstić information content (AvgIpc) is 2.86. The second-order valence-electron chi connectivity index (χ2n) is 3.11. The number of aromatic nitrogens is 2. The molecule has 6 heteroatoms. The Balaban J connectivity index is 1.99. The fourth-order valence-corrected chi connectivity index (χ4v) is 3.21. The lowest BCUT2D eigenvalue weighted by molar-refractivity contribution is 0.454. The summed E-state index contributed by atoms with van der Waals surface area (Å²) in [5, 5.41) is 0.604. The zero-order valence-corrected chi connectivity index (χ0v) is 9.72. The van der Waals surface area contributed by atoms with Crippen molar-refractivity contribution in [3.8, 4) is 0 Å². The lowest BCUT2D eigenvalue weighted by atomic mass is 10.3. The molecule has 0 atom stereocenters. The van der Waals surface area contributed by atoms with Crippen molar-refractivity contribution in [2.75, 3.05) is 5.73 Å². The van der Waals surface area contributed by atoms with Crippen LogP contribution in [-0.2, 0) is 0 Å². The number of hydrogen-bond donors (Lipinski definition) is 1. The Morgan fingerprint density at radius 2 is 2.31 bits per heavy atom. The van der Waals surface area contributed by atoms with Gasteiger partial charge in [-0.15, -0.1) is 11.3 Å². The van der Waals surface area contributed by atoms with Gasteiger partial charge in [-0.3, -0.25) is 0 Å². The standard InChI is InChI=1S/C10H7N3OS2/c11-6-1-2-7-8(5-6)15-10(13-7)16-9-12-3-4-14-9/h1-5H,11H2. The van der Waals surface area contributed by atoms with E-state index in [1.165, 1.54) is 11.8 Å². The normalized spacial score (nSPS) is 11.0. The fourth-order valence-electron chi connectivity index (χ4n) is 1.30. The zero-order valence-electron chi connectivity index (χ0n) is 8.08. The molecule has 0 saturated heterocycles. The Bertz CT molecular complexity index is 618. The van der Waals surface area contributed by atoms with Gasteiger partial charge in [-0.25, -0.2) is 9.97 Å². The van der Waals surface area contributed by atoms with Crippen molar-refractivity contribution >= 4 is 39.0 Å². The lowest BCUT2D eigenvalue weighted by Gasteiger charge is -1.88. The van der Waals surface area contributed by atoms with Crippen LogP contribution in [-0.4, -0.2) is 9.97 Å². The Kier molecular flexibility index (Phi) is 2.30. The molecule has 1 aromatic carbocycles. The molecule has 0 unspecified atom stereocenters. The summed E-state index contributed by atoms with van der Waals surface area (Å²) in [5.41, 5.74) is 7.42. The van der Waals surface area contributed by atoms with Crippen LogP contribution in [0.4, 0.5) is 5.69 Å². The monoisotopic (exact) mass is 249 g/mol. The van der Waals surface area contributed by atoms with E-state index in [2.05, 4.69) is 9.97 Å². The van der Waals surface area contributed by atoms with Crippen molar-refractivity contribution in [1.82, 2.24) is 9.97 Å². The first-order valence-electron chi connectivity index (χ1n) is 4.55. The number of thiazole rings is 1. The topological polar surface area (TPSA) is 64.9 Å². The first-order valence-corrected chi connectivity index (χ1v) is 6.18. The minimum absolute atomic E-state index is 0.604. The summed E-state index contributed by atoms with van der Waals surface area (Å²) in [5.74, 6) is 0. The first-order chi connectivity index (χ1) is 7.81. The molecule has 3 rings (SSSR count). The Labute approximate surface area is 99.5 Å². The van der Waals surface area contributed by atoms with E-state index in [4.69, 9.17) is 10.2 Å². The van der Waals surface area contributed by atoms with Crippen LogP contribution in [0.2, 0.25) is 0 Å². The van der Waals surface area contributed by atoms with E-state index in [1.807, 2.05) is 18.2 Å². The second kappa shape index (κ2) is 3.80. The Morgan fingerprint density at radius 1 is 1.38 bits per heavy atom. The van der Waals surface area contributed by atoms with Gasteiger partial charge in [0.1, 0.15) is 6.26 Å². The molecule has 16 heavy (non-hydrogen) atoms. The van der Waals surface area contributed by atoms with E-state index in [9.17, 15) is 0 Å². The predicted octanol–water partition coefficient (Wildman–Crippen LogP) is 3.02. The lowest BCUT2D eigenvalue weighted by Crippen LogP contribution is -1.81. The van der Waals surface area contributed by atoms with Crippen LogP contribution in [0.25, 0.3) is 10.2 Å². The highest BCUT2D eigenvalue weighted by atomic mass is 32.2. The number of rotatable bonds is 2. The van der Waals surface area contributed by atoms with Crippen LogP contribution in [0.5, 0.6) is 0 Å². The van der Waals surface area contributed by atoms with Gasteiger partial charge in [0.25, 0.3) is 5.22 Å². The van der Waals surface area contributed by atoms with Crippen molar-refractivity contribution in [2.24, 2.45) is 0 Å². The van der Waals surface area contributed by atoms with E-state index in [1.54, 1.807) is 23.8 Å². The summed E-state index contributed by atoms with van der Waals surface area (Å²) < 4.78 is 7.13. The van der Waals surface area contributed by atoms with Crippen molar-refractivity contribution < 1.29 is 4.42 Å². The van der Waals surface area contributed by atoms with Gasteiger partial charge in [0.15, 0.2) is 4.34 Å². The molecular formula is C10H7N3OS2. The summed E-state index contributed by atoms with van der Waals surface area (Å²) in [4.78, 5) is 8.49. The van der Waals surface area contributed by atoms with Gasteiger partial charge in [-0.2, -0.15) is 0 Å². The van der Waals surface area contributed by atoms with Crippen LogP contribution in [0.3, 0.4) is 0 Å². The third-order valence-corrected chi connectivity index (χ3v) is 3.93. The highest BCUT2D eigenvalue weighted by Gasteiger charge is 2.08. The van der Waals surface area contributed by atoms with E-state index >= 15 is 0 Å². The molecule has 0 aliphatic carbocycles. The van der Waals surface area contributed by atoms with E-state index in [0.717, 1.165) is 20.2 Å². The highest BCUT2D eigenvalue weighted by molar-refractivity contribution is 8.00. The van der Waals surface area contributed by atoms with Crippen LogP contribution >= 0.6 is 23.1 Å². The van der Waals surface area contributed by atoms with Crippen LogP contribution in [0.1, 0.15) is 0 Å². The Hall–Kier alpha value is -1.53. The van der Waals surface area contributed by atoms with Gasteiger partial charge in [0, 0.05) is 17.4 Å². The van der Waals surface area contributed by atoms with Crippen molar-refractivity contribution in [1.29, 1.82) is 0 Å². The summed E-state index contributed by atoms with van der Waals surface area (Å²) in [6.07, 6.45) is 3.17. The zero-order chi connectivity index (χ0) is 11.0. The molecule has 4 nitrogen and oxygen atoms in total. The van der Waals surface area contributed by atoms with Gasteiger partial charge < -0.3 is 10.2 Å². The first kappa shape index (κ1) is 9.68. The number of oxazole rings is 1. The maximum Gasteiger partial charge on any atom is 0.262 e. The molecule has 0 bridgehead atoms. The van der Waals surface area contributed by atoms with Gasteiger partial charge in [-0.05, 0) is 18.2 Å². The van der Waals surface area contributed by atoms with Crippen LogP contribution < -0.4 is 5.73 Å². The number of nitrogens with two attached hydrogens (primary N) is 1. The number of fused-ring (bicyclic) bond motifs is 1. The van der Waals surface area contributed by atoms with Crippen molar-refractivity contribution in [3.63, 3.8) is 0 Å². The van der Waals surface area contributed by atoms with Crippen LogP contribution in [0.15, 0.2) is 44.6 Å². The average molecular weight is 249 g/mol. The molecule has 2 heterocycles. The predicted molar refractivity (Wildman–Crippen MR) is 64.7 cm³/mol. The maximum absolute atomic E-state index is 5.71. The van der Waals surface area contributed by atoms with E-state index in [0.29, 0.717) is 5.22 Å². The fraction of sp³-hybridized carbons (Fsp3) is 0. The number of benzene rings is 1. The van der Waals surface area contributed by atoms with Gasteiger partial charge in [0.05, 0.1) is 16.4 Å². The molecule has 0 amide bonds. The van der Waals surface area contributed by atoms with Crippen molar-refractivity contribution in [3.05, 3.63) is 30.7 Å². The SMILES string of the molecule is Nc1ccc2nc(Sc3ncco3)sc2c1. The maximum atomic E-state index is 5.71. The number of anilines is 1. The third kappa shape index (κ3) is 1.77. The molecular weight excluding hydrogens is 242 g/mol. The molecule has 80 valence electrons. The molecule has 3 aromatic rings. The van der Waals surface area contributed by atoms with Gasteiger partial charge in [-0.1, -0.05) is 0 Å². The number of hydrogen-bond acceptors (Lipinski definition) is 6. The molecule has 0 spiro atoms. The van der Waals surface area contributed by atoms with E-state index in [-0.39, 0.29) is 0 Å². The minimum atomic E-state index is 0.604. The number of nitrogen functional groups attached to an aromatic ring is 1. The Morgan fingerprint density at radius 3 is 3.12 bits per heavy atom. The molecule has 0 fully saturated rings. The third-order valence-electron chi connectivity index (χ3n) is 1.98. The van der Waals surface area contributed by atoms with E-state index < -0.39 is 0 Å². The van der Waals surface area contributed by atoms with Crippen LogP contribution in [0, 0.1) is 0 Å². The smallest absolute Gasteiger partial charge is 0.262 e. The number of nitrogens with zero attached hydrogens (tertiary/aromatic N) is 2. The molecule has 0 saturated carbocycles. The molecule has 2 N–H and O–H groups in total. The summed E-state index contributed by atoms with van der Waals surface area (Å²) in [6, 6.07) is 5.69. The molecule has 2 aromatic heterocycles. The van der Waals surface area contributed by atoms with Gasteiger partial charge >= 0.3 is 0 Å². The summed E-state index contributed by atoms with van der Waals surface area (Å²) >= 11 is 3.00. The highest BCUT2D eigenvalue weighted by Crippen LogP contribution is 2.34. The molecule has 0 radical (unpaired) electrons. The summed E-state index contributed by atoms with van der Waals surface area (Å²) in [7, 11) is 0. The quantitative estimate of drug-likeness (QED) is 0.707. The van der Waals surface area contributed by atoms with Gasteiger partial charge in [0.2, 0.25) is 0 Å². The molecule has 0 aliphatic rings. The minimum Gasteiger partial charge on any atom is -0.440 e. The summed E-state index contributed by atoms with van der Waals surface area (Å²) in [6.45, 7) is 0.